The van der Waals surface area contributed by atoms with Crippen LogP contribution < -0.4 is 0 Å². The van der Waals surface area contributed by atoms with Crippen molar-refractivity contribution in [3.8, 4) is 0 Å². The second-order valence-corrected chi connectivity index (χ2v) is 6.16. The van der Waals surface area contributed by atoms with Crippen LogP contribution in [-0.2, 0) is 25.7 Å². The van der Waals surface area contributed by atoms with Gasteiger partial charge in [0.2, 0.25) is 11.8 Å². The highest BCUT2D eigenvalue weighted by Crippen LogP contribution is 2.20. The lowest BCUT2D eigenvalue weighted by molar-refractivity contribution is -0.148. The molecule has 2 heterocycles. The highest BCUT2D eigenvalue weighted by molar-refractivity contribution is 5.88. The van der Waals surface area contributed by atoms with E-state index in [1.807, 2.05) is 35.2 Å². The van der Waals surface area contributed by atoms with Gasteiger partial charge in [0, 0.05) is 19.6 Å². The summed E-state index contributed by atoms with van der Waals surface area (Å²) in [6.45, 7) is 3.43. The number of rotatable bonds is 5. The minimum Gasteiger partial charge on any atom is -0.378 e. The Balaban J connectivity index is 1.50. The van der Waals surface area contributed by atoms with E-state index in [1.165, 1.54) is 0 Å². The number of ether oxygens (including phenoxy) is 2. The van der Waals surface area contributed by atoms with E-state index in [9.17, 15) is 9.59 Å². The van der Waals surface area contributed by atoms with Crippen LogP contribution in [0.1, 0.15) is 18.4 Å². The molecule has 0 N–H and O–H groups in total. The van der Waals surface area contributed by atoms with E-state index < -0.39 is 0 Å². The molecule has 6 heteroatoms. The van der Waals surface area contributed by atoms with Crippen LogP contribution in [0.15, 0.2) is 30.3 Å². The quantitative estimate of drug-likeness (QED) is 0.809. The van der Waals surface area contributed by atoms with Crippen molar-refractivity contribution in [2.45, 2.75) is 25.5 Å². The zero-order valence-electron chi connectivity index (χ0n) is 13.9. The molecule has 0 spiro atoms. The first-order chi connectivity index (χ1) is 11.8. The Bertz CT molecular complexity index is 557. The van der Waals surface area contributed by atoms with Crippen molar-refractivity contribution in [2.75, 3.05) is 39.5 Å². The molecule has 3 rings (SSSR count). The average Bonchev–Trinajstić information content (AvgIpc) is 3.12. The Kier molecular flexibility index (Phi) is 5.82. The maximum Gasteiger partial charge on any atom is 0.249 e. The van der Waals surface area contributed by atoms with Crippen molar-refractivity contribution in [3.05, 3.63) is 35.9 Å². The Labute approximate surface area is 142 Å². The summed E-state index contributed by atoms with van der Waals surface area (Å²) in [6, 6.07) is 9.42. The van der Waals surface area contributed by atoms with Crippen LogP contribution in [0, 0.1) is 0 Å². The normalized spacial score (nSPS) is 21.1. The van der Waals surface area contributed by atoms with Crippen molar-refractivity contribution in [2.24, 2.45) is 0 Å². The molecule has 24 heavy (non-hydrogen) atoms. The van der Waals surface area contributed by atoms with Gasteiger partial charge in [0.25, 0.3) is 0 Å². The number of amides is 2. The van der Waals surface area contributed by atoms with E-state index >= 15 is 0 Å². The van der Waals surface area contributed by atoms with Gasteiger partial charge in [-0.1, -0.05) is 30.3 Å². The molecule has 0 unspecified atom stereocenters. The molecule has 0 saturated carbocycles. The second-order valence-electron chi connectivity index (χ2n) is 6.16. The monoisotopic (exact) mass is 332 g/mol. The van der Waals surface area contributed by atoms with Crippen LogP contribution in [0.3, 0.4) is 0 Å². The summed E-state index contributed by atoms with van der Waals surface area (Å²) < 4.78 is 10.8. The second kappa shape index (κ2) is 8.26. The summed E-state index contributed by atoms with van der Waals surface area (Å²) in [4.78, 5) is 28.6. The predicted octanol–water partition coefficient (Wildman–Crippen LogP) is 1.05. The molecule has 2 fully saturated rings. The number of carbonyl (C=O) groups is 2. The summed E-state index contributed by atoms with van der Waals surface area (Å²) >= 11 is 0. The van der Waals surface area contributed by atoms with Gasteiger partial charge in [0.15, 0.2) is 0 Å². The minimum absolute atomic E-state index is 0.0157. The van der Waals surface area contributed by atoms with E-state index in [1.54, 1.807) is 4.90 Å². The van der Waals surface area contributed by atoms with Crippen LogP contribution in [0.25, 0.3) is 0 Å². The molecule has 1 atom stereocenters. The number of hydrogen-bond donors (Lipinski definition) is 0. The molecule has 0 aromatic heterocycles. The first kappa shape index (κ1) is 16.9. The van der Waals surface area contributed by atoms with Gasteiger partial charge in [-0.05, 0) is 18.4 Å². The summed E-state index contributed by atoms with van der Waals surface area (Å²) in [7, 11) is 0. The third kappa shape index (κ3) is 4.13. The van der Waals surface area contributed by atoms with Gasteiger partial charge in [-0.3, -0.25) is 9.59 Å². The zero-order valence-corrected chi connectivity index (χ0v) is 13.9. The Hall–Kier alpha value is -1.92. The Morgan fingerprint density at radius 1 is 1.12 bits per heavy atom. The molecule has 6 nitrogen and oxygen atoms in total. The van der Waals surface area contributed by atoms with Crippen molar-refractivity contribution in [1.29, 1.82) is 0 Å². The number of hydrogen-bond acceptors (Lipinski definition) is 4. The summed E-state index contributed by atoms with van der Waals surface area (Å²) in [5.41, 5.74) is 1.03. The molecule has 0 bridgehead atoms. The molecule has 2 amide bonds. The maximum atomic E-state index is 12.6. The highest BCUT2D eigenvalue weighted by Gasteiger charge is 2.36. The van der Waals surface area contributed by atoms with Gasteiger partial charge in [-0.25, -0.2) is 0 Å². The fourth-order valence-corrected chi connectivity index (χ4v) is 3.23. The van der Waals surface area contributed by atoms with Gasteiger partial charge in [-0.2, -0.15) is 0 Å². The predicted molar refractivity (Wildman–Crippen MR) is 88.2 cm³/mol. The van der Waals surface area contributed by atoms with Gasteiger partial charge >= 0.3 is 0 Å². The van der Waals surface area contributed by atoms with E-state index in [0.717, 1.165) is 18.4 Å². The smallest absolute Gasteiger partial charge is 0.249 e. The van der Waals surface area contributed by atoms with Crippen molar-refractivity contribution in [1.82, 2.24) is 9.80 Å². The number of nitrogens with zero attached hydrogens (tertiary/aromatic N) is 2. The molecule has 1 aromatic rings. The zero-order chi connectivity index (χ0) is 16.8. The molecule has 2 aliphatic rings. The summed E-state index contributed by atoms with van der Waals surface area (Å²) in [5, 5.41) is 0. The molecule has 0 radical (unpaired) electrons. The van der Waals surface area contributed by atoms with Crippen molar-refractivity contribution >= 4 is 11.8 Å². The molecule has 2 saturated heterocycles. The summed E-state index contributed by atoms with van der Waals surface area (Å²) in [5.74, 6) is -0.0535. The van der Waals surface area contributed by atoms with Crippen LogP contribution in [0.2, 0.25) is 0 Å². The van der Waals surface area contributed by atoms with Crippen LogP contribution in [-0.4, -0.2) is 67.1 Å². The van der Waals surface area contributed by atoms with Gasteiger partial charge < -0.3 is 19.3 Å². The standard InChI is InChI=1S/C18H24N2O4/c21-17(14-24-13-15-5-2-1-3-6-15)20-8-4-7-16(20)18(22)19-9-11-23-12-10-19/h1-3,5-6,16H,4,7-14H2/t16-/m1/s1. The highest BCUT2D eigenvalue weighted by atomic mass is 16.5. The van der Waals surface area contributed by atoms with E-state index in [-0.39, 0.29) is 24.5 Å². The van der Waals surface area contributed by atoms with E-state index in [0.29, 0.717) is 39.5 Å². The van der Waals surface area contributed by atoms with Crippen LogP contribution >= 0.6 is 0 Å². The van der Waals surface area contributed by atoms with E-state index in [2.05, 4.69) is 0 Å². The average molecular weight is 332 g/mol. The van der Waals surface area contributed by atoms with Crippen LogP contribution in [0.5, 0.6) is 0 Å². The first-order valence-corrected chi connectivity index (χ1v) is 8.53. The molecular weight excluding hydrogens is 308 g/mol. The van der Waals surface area contributed by atoms with Crippen molar-refractivity contribution < 1.29 is 19.1 Å². The minimum atomic E-state index is -0.337. The lowest BCUT2D eigenvalue weighted by Crippen LogP contribution is -2.51. The third-order valence-corrected chi connectivity index (χ3v) is 4.52. The number of benzene rings is 1. The molecule has 2 aliphatic heterocycles. The number of morpholine rings is 1. The molecular formula is C18H24N2O4. The van der Waals surface area contributed by atoms with Gasteiger partial charge in [0.1, 0.15) is 12.6 Å². The molecule has 0 aliphatic carbocycles. The largest absolute Gasteiger partial charge is 0.378 e. The maximum absolute atomic E-state index is 12.6. The lowest BCUT2D eigenvalue weighted by atomic mass is 10.2. The van der Waals surface area contributed by atoms with Crippen LogP contribution in [0.4, 0.5) is 0 Å². The van der Waals surface area contributed by atoms with Crippen molar-refractivity contribution in [3.63, 3.8) is 0 Å². The van der Waals surface area contributed by atoms with E-state index in [4.69, 9.17) is 9.47 Å². The fraction of sp³-hybridized carbons (Fsp3) is 0.556. The van der Waals surface area contributed by atoms with Gasteiger partial charge in [0.05, 0.1) is 19.8 Å². The Morgan fingerprint density at radius 3 is 2.62 bits per heavy atom. The topological polar surface area (TPSA) is 59.1 Å². The summed E-state index contributed by atoms with van der Waals surface area (Å²) in [6.07, 6.45) is 1.60. The number of likely N-dealkylation sites (tertiary alicyclic amines) is 1. The molecule has 130 valence electrons. The number of carbonyl (C=O) groups excluding carboxylic acids is 2. The first-order valence-electron chi connectivity index (χ1n) is 8.53. The Morgan fingerprint density at radius 2 is 1.88 bits per heavy atom. The molecule has 1 aromatic carbocycles. The third-order valence-electron chi connectivity index (χ3n) is 4.52. The fourth-order valence-electron chi connectivity index (χ4n) is 3.23. The van der Waals surface area contributed by atoms with Gasteiger partial charge in [-0.15, -0.1) is 0 Å². The lowest BCUT2D eigenvalue weighted by Gasteiger charge is -2.32. The SMILES string of the molecule is O=C([C@H]1CCCN1C(=O)COCc1ccccc1)N1CCOCC1.